The number of nitrogens with zero attached hydrogens (tertiary/aromatic N) is 2. The summed E-state index contributed by atoms with van der Waals surface area (Å²) < 4.78 is 44.1. The molecule has 1 aromatic heterocycles. The van der Waals surface area contributed by atoms with E-state index in [0.29, 0.717) is 22.3 Å². The van der Waals surface area contributed by atoms with Gasteiger partial charge in [0.25, 0.3) is 5.91 Å². The molecule has 4 aromatic rings. The maximum absolute atomic E-state index is 12.9. The smallest absolute Gasteiger partial charge is 0.416 e. The maximum atomic E-state index is 12.9. The third-order valence-electron chi connectivity index (χ3n) is 4.70. The minimum absolute atomic E-state index is 0.0497. The predicted octanol–water partition coefficient (Wildman–Crippen LogP) is 5.58. The molecule has 0 aliphatic carbocycles. The SMILES string of the molecule is COc1nnc(-c2ccccc2)c2cc(C(=O)Nc3cccc(C(F)(F)F)c3)ccc12. The van der Waals surface area contributed by atoms with Crippen molar-refractivity contribution in [3.63, 3.8) is 0 Å². The van der Waals surface area contributed by atoms with E-state index in [4.69, 9.17) is 4.74 Å². The topological polar surface area (TPSA) is 64.1 Å². The number of fused-ring (bicyclic) bond motifs is 1. The number of rotatable bonds is 4. The number of benzene rings is 3. The average molecular weight is 423 g/mol. The van der Waals surface area contributed by atoms with Crippen molar-refractivity contribution in [1.82, 2.24) is 10.2 Å². The van der Waals surface area contributed by atoms with Crippen molar-refractivity contribution in [2.24, 2.45) is 0 Å². The normalized spacial score (nSPS) is 11.4. The van der Waals surface area contributed by atoms with Crippen LogP contribution in [0.1, 0.15) is 15.9 Å². The minimum atomic E-state index is -4.50. The Bertz CT molecular complexity index is 1260. The van der Waals surface area contributed by atoms with E-state index in [2.05, 4.69) is 15.5 Å². The van der Waals surface area contributed by atoms with Gasteiger partial charge in [-0.05, 0) is 36.4 Å². The molecule has 0 saturated heterocycles. The zero-order valence-electron chi connectivity index (χ0n) is 16.3. The molecule has 8 heteroatoms. The van der Waals surface area contributed by atoms with Crippen molar-refractivity contribution < 1.29 is 22.7 Å². The van der Waals surface area contributed by atoms with Crippen molar-refractivity contribution >= 4 is 22.4 Å². The molecule has 0 spiro atoms. The number of aromatic nitrogens is 2. The van der Waals surface area contributed by atoms with Crippen LogP contribution in [0.15, 0.2) is 72.8 Å². The minimum Gasteiger partial charge on any atom is -0.479 e. The van der Waals surface area contributed by atoms with Gasteiger partial charge in [-0.1, -0.05) is 36.4 Å². The van der Waals surface area contributed by atoms with Crippen molar-refractivity contribution in [2.45, 2.75) is 6.18 Å². The monoisotopic (exact) mass is 423 g/mol. The molecule has 0 saturated carbocycles. The van der Waals surface area contributed by atoms with E-state index in [0.717, 1.165) is 17.7 Å². The Morgan fingerprint density at radius 2 is 1.68 bits per heavy atom. The van der Waals surface area contributed by atoms with Crippen molar-refractivity contribution in [1.29, 1.82) is 0 Å². The predicted molar refractivity (Wildman–Crippen MR) is 111 cm³/mol. The van der Waals surface area contributed by atoms with Crippen LogP contribution in [-0.2, 0) is 6.18 Å². The number of alkyl halides is 3. The molecule has 0 aliphatic rings. The van der Waals surface area contributed by atoms with Gasteiger partial charge in [-0.2, -0.15) is 13.2 Å². The molecular weight excluding hydrogens is 407 g/mol. The van der Waals surface area contributed by atoms with Crippen LogP contribution in [0.2, 0.25) is 0 Å². The highest BCUT2D eigenvalue weighted by Crippen LogP contribution is 2.33. The lowest BCUT2D eigenvalue weighted by Crippen LogP contribution is -2.13. The molecule has 0 unspecified atom stereocenters. The van der Waals surface area contributed by atoms with Gasteiger partial charge in [0, 0.05) is 27.6 Å². The lowest BCUT2D eigenvalue weighted by Gasteiger charge is -2.12. The third-order valence-corrected chi connectivity index (χ3v) is 4.70. The standard InChI is InChI=1S/C23H16F3N3O2/c1-31-22-18-11-10-15(12-19(18)20(28-29-22)14-6-3-2-4-7-14)21(30)27-17-9-5-8-16(13-17)23(24,25)26/h2-13H,1H3,(H,27,30). The Balaban J connectivity index is 1.74. The molecule has 0 bridgehead atoms. The Morgan fingerprint density at radius 3 is 2.39 bits per heavy atom. The molecule has 5 nitrogen and oxygen atoms in total. The van der Waals surface area contributed by atoms with Gasteiger partial charge in [0.2, 0.25) is 5.88 Å². The number of ether oxygens (including phenoxy) is 1. The largest absolute Gasteiger partial charge is 0.479 e. The summed E-state index contributed by atoms with van der Waals surface area (Å²) in [5.74, 6) is -0.240. The number of methoxy groups -OCH3 is 1. The molecule has 1 N–H and O–H groups in total. The van der Waals surface area contributed by atoms with Crippen molar-refractivity contribution in [2.75, 3.05) is 12.4 Å². The summed E-state index contributed by atoms with van der Waals surface area (Å²) in [4.78, 5) is 12.8. The Hall–Kier alpha value is -3.94. The van der Waals surface area contributed by atoms with Crippen LogP contribution in [0.25, 0.3) is 22.0 Å². The fourth-order valence-electron chi connectivity index (χ4n) is 3.21. The number of hydrogen-bond donors (Lipinski definition) is 1. The second-order valence-electron chi connectivity index (χ2n) is 6.72. The number of hydrogen-bond acceptors (Lipinski definition) is 4. The number of carbonyl (C=O) groups is 1. The number of anilines is 1. The lowest BCUT2D eigenvalue weighted by atomic mass is 10.0. The number of carbonyl (C=O) groups excluding carboxylic acids is 1. The second kappa shape index (κ2) is 8.06. The first-order valence-electron chi connectivity index (χ1n) is 9.25. The highest BCUT2D eigenvalue weighted by molar-refractivity contribution is 6.08. The van der Waals surface area contributed by atoms with Crippen LogP contribution in [0.3, 0.4) is 0 Å². The summed E-state index contributed by atoms with van der Waals surface area (Å²) in [5.41, 5.74) is 0.837. The van der Waals surface area contributed by atoms with E-state index in [1.54, 1.807) is 18.2 Å². The molecule has 31 heavy (non-hydrogen) atoms. The van der Waals surface area contributed by atoms with E-state index in [1.807, 2.05) is 30.3 Å². The molecule has 0 atom stereocenters. The van der Waals surface area contributed by atoms with Crippen LogP contribution in [0.4, 0.5) is 18.9 Å². The van der Waals surface area contributed by atoms with Gasteiger partial charge in [-0.15, -0.1) is 10.2 Å². The van der Waals surface area contributed by atoms with Crippen LogP contribution in [-0.4, -0.2) is 23.2 Å². The number of amides is 1. The summed E-state index contributed by atoms with van der Waals surface area (Å²) in [5, 5.41) is 12.1. The van der Waals surface area contributed by atoms with Crippen LogP contribution in [0, 0.1) is 0 Å². The van der Waals surface area contributed by atoms with Gasteiger partial charge in [-0.3, -0.25) is 4.79 Å². The zero-order chi connectivity index (χ0) is 22.0. The fourth-order valence-corrected chi connectivity index (χ4v) is 3.21. The van der Waals surface area contributed by atoms with Gasteiger partial charge >= 0.3 is 6.18 Å². The fraction of sp³-hybridized carbons (Fsp3) is 0.0870. The van der Waals surface area contributed by atoms with E-state index in [1.165, 1.54) is 19.2 Å². The Kier molecular flexibility index (Phi) is 5.29. The van der Waals surface area contributed by atoms with Gasteiger partial charge in [-0.25, -0.2) is 0 Å². The van der Waals surface area contributed by atoms with E-state index in [-0.39, 0.29) is 11.3 Å². The van der Waals surface area contributed by atoms with Gasteiger partial charge in [0.1, 0.15) is 5.69 Å². The molecule has 4 rings (SSSR count). The highest BCUT2D eigenvalue weighted by Gasteiger charge is 2.30. The first-order valence-corrected chi connectivity index (χ1v) is 9.25. The molecular formula is C23H16F3N3O2. The summed E-state index contributed by atoms with van der Waals surface area (Å²) >= 11 is 0. The zero-order valence-corrected chi connectivity index (χ0v) is 16.3. The van der Waals surface area contributed by atoms with E-state index < -0.39 is 17.6 Å². The van der Waals surface area contributed by atoms with E-state index >= 15 is 0 Å². The quantitative estimate of drug-likeness (QED) is 0.466. The van der Waals surface area contributed by atoms with Gasteiger partial charge in [0.15, 0.2) is 0 Å². The summed E-state index contributed by atoms with van der Waals surface area (Å²) in [7, 11) is 1.47. The van der Waals surface area contributed by atoms with Crippen molar-refractivity contribution in [3.8, 4) is 17.1 Å². The molecule has 0 fully saturated rings. The maximum Gasteiger partial charge on any atom is 0.416 e. The molecule has 0 radical (unpaired) electrons. The lowest BCUT2D eigenvalue weighted by molar-refractivity contribution is -0.137. The van der Waals surface area contributed by atoms with Crippen molar-refractivity contribution in [3.05, 3.63) is 83.9 Å². The summed E-state index contributed by atoms with van der Waals surface area (Å²) in [6.07, 6.45) is -4.50. The molecule has 1 heterocycles. The first kappa shape index (κ1) is 20.3. The van der Waals surface area contributed by atoms with Crippen LogP contribution < -0.4 is 10.1 Å². The third kappa shape index (κ3) is 4.18. The highest BCUT2D eigenvalue weighted by atomic mass is 19.4. The molecule has 1 amide bonds. The molecule has 156 valence electrons. The van der Waals surface area contributed by atoms with Gasteiger partial charge < -0.3 is 10.1 Å². The summed E-state index contributed by atoms with van der Waals surface area (Å²) in [6, 6.07) is 18.7. The van der Waals surface area contributed by atoms with Crippen LogP contribution >= 0.6 is 0 Å². The average Bonchev–Trinajstić information content (AvgIpc) is 2.78. The Labute approximate surface area is 175 Å². The number of nitrogens with one attached hydrogen (secondary N) is 1. The second-order valence-corrected chi connectivity index (χ2v) is 6.72. The Morgan fingerprint density at radius 1 is 0.903 bits per heavy atom. The van der Waals surface area contributed by atoms with Gasteiger partial charge in [0.05, 0.1) is 12.7 Å². The summed E-state index contributed by atoms with van der Waals surface area (Å²) in [6.45, 7) is 0. The molecule has 0 aliphatic heterocycles. The van der Waals surface area contributed by atoms with E-state index in [9.17, 15) is 18.0 Å². The number of halogens is 3. The van der Waals surface area contributed by atoms with Crippen LogP contribution in [0.5, 0.6) is 5.88 Å². The first-order chi connectivity index (χ1) is 14.9. The molecule has 3 aromatic carbocycles.